The van der Waals surface area contributed by atoms with Gasteiger partial charge in [0.25, 0.3) is 0 Å². The van der Waals surface area contributed by atoms with Crippen molar-refractivity contribution in [3.05, 3.63) is 53.5 Å². The lowest BCUT2D eigenvalue weighted by Crippen LogP contribution is -2.05. The Balaban J connectivity index is 1.94. The maximum absolute atomic E-state index is 11.9. The van der Waals surface area contributed by atoms with Gasteiger partial charge in [0.2, 0.25) is 5.90 Å². The van der Waals surface area contributed by atoms with Crippen molar-refractivity contribution in [2.75, 3.05) is 14.2 Å². The number of carbonyl (C=O) groups is 1. The van der Waals surface area contributed by atoms with Gasteiger partial charge in [0.15, 0.2) is 17.2 Å². The zero-order valence-corrected chi connectivity index (χ0v) is 12.1. The van der Waals surface area contributed by atoms with E-state index in [-0.39, 0.29) is 11.6 Å². The van der Waals surface area contributed by atoms with Crippen LogP contribution >= 0.6 is 0 Å². The van der Waals surface area contributed by atoms with Gasteiger partial charge in [0.05, 0.1) is 14.2 Å². The molecule has 3 rings (SSSR count). The maximum Gasteiger partial charge on any atom is 0.363 e. The second-order valence-corrected chi connectivity index (χ2v) is 4.53. The molecule has 1 aliphatic rings. The Morgan fingerprint density at radius 2 is 2.00 bits per heavy atom. The van der Waals surface area contributed by atoms with Gasteiger partial charge in [-0.2, -0.15) is 0 Å². The van der Waals surface area contributed by atoms with Crippen LogP contribution in [0.4, 0.5) is 0 Å². The number of aromatic nitrogens is 1. The molecule has 0 spiro atoms. The van der Waals surface area contributed by atoms with Gasteiger partial charge < -0.3 is 19.2 Å². The number of carbonyl (C=O) groups excluding carboxylic acids is 1. The largest absolute Gasteiger partial charge is 0.493 e. The molecule has 0 unspecified atom stereocenters. The van der Waals surface area contributed by atoms with Crippen LogP contribution in [0, 0.1) is 0 Å². The van der Waals surface area contributed by atoms with Gasteiger partial charge in [-0.05, 0) is 36.4 Å². The molecule has 0 radical (unpaired) electrons. The average molecular weight is 298 g/mol. The molecule has 0 bridgehead atoms. The van der Waals surface area contributed by atoms with Crippen LogP contribution in [-0.2, 0) is 9.53 Å². The van der Waals surface area contributed by atoms with Crippen LogP contribution < -0.4 is 9.47 Å². The number of aliphatic imine (C=N–C) groups is 1. The third-order valence-corrected chi connectivity index (χ3v) is 3.17. The van der Waals surface area contributed by atoms with E-state index in [1.54, 1.807) is 44.7 Å². The SMILES string of the molecule is COc1ccc(C2=N/C(=C/c3ccc[nH]3)C(=O)O2)cc1OC. The van der Waals surface area contributed by atoms with Crippen LogP contribution in [0.3, 0.4) is 0 Å². The maximum atomic E-state index is 11.9. The molecule has 1 aromatic carbocycles. The van der Waals surface area contributed by atoms with Crippen molar-refractivity contribution < 1.29 is 19.0 Å². The summed E-state index contributed by atoms with van der Waals surface area (Å²) in [5.74, 6) is 0.891. The second-order valence-electron chi connectivity index (χ2n) is 4.53. The molecule has 0 saturated heterocycles. The highest BCUT2D eigenvalue weighted by Crippen LogP contribution is 2.29. The average Bonchev–Trinajstić information content (AvgIpc) is 3.17. The monoisotopic (exact) mass is 298 g/mol. The highest BCUT2D eigenvalue weighted by molar-refractivity contribution is 6.12. The summed E-state index contributed by atoms with van der Waals surface area (Å²) in [6.07, 6.45) is 3.40. The van der Waals surface area contributed by atoms with E-state index in [1.807, 2.05) is 12.1 Å². The Morgan fingerprint density at radius 1 is 1.18 bits per heavy atom. The minimum atomic E-state index is -0.487. The molecule has 0 atom stereocenters. The van der Waals surface area contributed by atoms with Crippen LogP contribution in [0.5, 0.6) is 11.5 Å². The molecule has 2 heterocycles. The minimum Gasteiger partial charge on any atom is -0.493 e. The van der Waals surface area contributed by atoms with Gasteiger partial charge in [-0.1, -0.05) is 0 Å². The summed E-state index contributed by atoms with van der Waals surface area (Å²) in [5, 5.41) is 0. The fourth-order valence-corrected chi connectivity index (χ4v) is 2.08. The van der Waals surface area contributed by atoms with Crippen molar-refractivity contribution in [2.45, 2.75) is 0 Å². The normalized spacial score (nSPS) is 15.6. The van der Waals surface area contributed by atoms with E-state index >= 15 is 0 Å². The van der Waals surface area contributed by atoms with Crippen LogP contribution in [0.2, 0.25) is 0 Å². The lowest BCUT2D eigenvalue weighted by atomic mass is 10.2. The zero-order valence-electron chi connectivity index (χ0n) is 12.1. The first-order valence-electron chi connectivity index (χ1n) is 6.59. The molecular weight excluding hydrogens is 284 g/mol. The van der Waals surface area contributed by atoms with Crippen LogP contribution in [0.25, 0.3) is 6.08 Å². The predicted molar refractivity (Wildman–Crippen MR) is 80.9 cm³/mol. The lowest BCUT2D eigenvalue weighted by Gasteiger charge is -2.08. The van der Waals surface area contributed by atoms with Gasteiger partial charge in [-0.25, -0.2) is 9.79 Å². The zero-order chi connectivity index (χ0) is 15.5. The van der Waals surface area contributed by atoms with Crippen LogP contribution in [-0.4, -0.2) is 31.1 Å². The number of nitrogens with one attached hydrogen (secondary N) is 1. The number of cyclic esters (lactones) is 1. The van der Waals surface area contributed by atoms with E-state index in [2.05, 4.69) is 9.98 Å². The van der Waals surface area contributed by atoms with Gasteiger partial charge >= 0.3 is 5.97 Å². The van der Waals surface area contributed by atoms with E-state index in [0.717, 1.165) is 5.69 Å². The summed E-state index contributed by atoms with van der Waals surface area (Å²) in [7, 11) is 3.10. The van der Waals surface area contributed by atoms with Gasteiger partial charge in [0, 0.05) is 17.5 Å². The fraction of sp³-hybridized carbons (Fsp3) is 0.125. The second kappa shape index (κ2) is 5.77. The van der Waals surface area contributed by atoms with Crippen molar-refractivity contribution >= 4 is 17.9 Å². The van der Waals surface area contributed by atoms with Gasteiger partial charge in [0.1, 0.15) is 0 Å². The van der Waals surface area contributed by atoms with Crippen LogP contribution in [0.1, 0.15) is 11.3 Å². The van der Waals surface area contributed by atoms with Gasteiger partial charge in [-0.15, -0.1) is 0 Å². The van der Waals surface area contributed by atoms with E-state index in [1.165, 1.54) is 0 Å². The summed E-state index contributed by atoms with van der Waals surface area (Å²) in [4.78, 5) is 19.1. The Labute approximate surface area is 127 Å². The van der Waals surface area contributed by atoms with Gasteiger partial charge in [-0.3, -0.25) is 0 Å². The number of aromatic amines is 1. The van der Waals surface area contributed by atoms with Crippen molar-refractivity contribution in [3.8, 4) is 11.5 Å². The Bertz CT molecular complexity index is 760. The molecule has 0 fully saturated rings. The third kappa shape index (κ3) is 2.58. The molecule has 6 nitrogen and oxygen atoms in total. The summed E-state index contributed by atoms with van der Waals surface area (Å²) in [6, 6.07) is 8.88. The topological polar surface area (TPSA) is 72.9 Å². The van der Waals surface area contributed by atoms with Crippen molar-refractivity contribution in [3.63, 3.8) is 0 Å². The standard InChI is InChI=1S/C16H14N2O4/c1-20-13-6-5-10(8-14(13)21-2)15-18-12(16(19)22-15)9-11-4-3-7-17-11/h3-9,17H,1-2H3/b12-9+. The molecule has 0 amide bonds. The Kier molecular flexibility index (Phi) is 3.65. The number of hydrogen-bond acceptors (Lipinski definition) is 5. The number of rotatable bonds is 4. The summed E-state index contributed by atoms with van der Waals surface area (Å²) in [6.45, 7) is 0. The molecular formula is C16H14N2O4. The number of methoxy groups -OCH3 is 2. The predicted octanol–water partition coefficient (Wildman–Crippen LogP) is 2.38. The lowest BCUT2D eigenvalue weighted by molar-refractivity contribution is -0.129. The van der Waals surface area contributed by atoms with Crippen LogP contribution in [0.15, 0.2) is 47.2 Å². The van der Waals surface area contributed by atoms with E-state index in [0.29, 0.717) is 17.1 Å². The minimum absolute atomic E-state index is 0.240. The first-order chi connectivity index (χ1) is 10.7. The van der Waals surface area contributed by atoms with E-state index < -0.39 is 5.97 Å². The first-order valence-corrected chi connectivity index (χ1v) is 6.59. The number of benzene rings is 1. The molecule has 6 heteroatoms. The number of hydrogen-bond donors (Lipinski definition) is 1. The quantitative estimate of drug-likeness (QED) is 0.695. The molecule has 22 heavy (non-hydrogen) atoms. The molecule has 0 saturated carbocycles. The van der Waals surface area contributed by atoms with E-state index in [9.17, 15) is 4.79 Å². The number of esters is 1. The molecule has 1 N–H and O–H groups in total. The number of ether oxygens (including phenoxy) is 3. The third-order valence-electron chi connectivity index (χ3n) is 3.17. The first kappa shape index (κ1) is 13.9. The molecule has 1 aliphatic heterocycles. The summed E-state index contributed by atoms with van der Waals surface area (Å²) in [5.41, 5.74) is 1.66. The molecule has 0 aliphatic carbocycles. The van der Waals surface area contributed by atoms with E-state index in [4.69, 9.17) is 14.2 Å². The molecule has 112 valence electrons. The smallest absolute Gasteiger partial charge is 0.363 e. The number of H-pyrrole nitrogens is 1. The van der Waals surface area contributed by atoms with Crippen molar-refractivity contribution in [1.29, 1.82) is 0 Å². The Hall–Kier alpha value is -3.02. The van der Waals surface area contributed by atoms with Crippen molar-refractivity contribution in [2.24, 2.45) is 4.99 Å². The highest BCUT2D eigenvalue weighted by atomic mass is 16.6. The van der Waals surface area contributed by atoms with Crippen molar-refractivity contribution in [1.82, 2.24) is 4.98 Å². The fourth-order valence-electron chi connectivity index (χ4n) is 2.08. The summed E-state index contributed by atoms with van der Waals surface area (Å²) < 4.78 is 15.6. The molecule has 1 aromatic heterocycles. The number of nitrogens with zero attached hydrogens (tertiary/aromatic N) is 1. The Morgan fingerprint density at radius 3 is 2.68 bits per heavy atom. The summed E-state index contributed by atoms with van der Waals surface area (Å²) >= 11 is 0. The highest BCUT2D eigenvalue weighted by Gasteiger charge is 2.25. The molecule has 2 aromatic rings.